The van der Waals surface area contributed by atoms with Gasteiger partial charge in [-0.15, -0.1) is 0 Å². The zero-order valence-electron chi connectivity index (χ0n) is 13.3. The first-order valence-electron chi connectivity index (χ1n) is 7.29. The number of rotatable bonds is 2. The zero-order valence-corrected chi connectivity index (χ0v) is 13.3. The summed E-state index contributed by atoms with van der Waals surface area (Å²) in [6.07, 6.45) is -5.23. The molecule has 2 amide bonds. The van der Waals surface area contributed by atoms with Crippen LogP contribution in [0.1, 0.15) is 47.0 Å². The normalized spacial score (nSPS) is 23.1. The van der Waals surface area contributed by atoms with E-state index in [0.717, 1.165) is 4.90 Å². The molecular formula is C14H23F3N2O3. The molecule has 0 aromatic heterocycles. The van der Waals surface area contributed by atoms with Crippen LogP contribution in [-0.4, -0.2) is 47.3 Å². The smallest absolute Gasteiger partial charge is 0.408 e. The Balaban J connectivity index is 2.72. The Kier molecular flexibility index (Phi) is 5.70. The van der Waals surface area contributed by atoms with E-state index in [0.29, 0.717) is 0 Å². The Hall–Kier alpha value is -1.47. The molecule has 1 heterocycles. The molecule has 1 aliphatic rings. The fraction of sp³-hybridized carbons (Fsp3) is 0.857. The minimum Gasteiger partial charge on any atom is -0.444 e. The number of halogens is 3. The number of carbonyl (C=O) groups is 2. The van der Waals surface area contributed by atoms with Crippen LogP contribution in [0.25, 0.3) is 0 Å². The molecule has 0 aliphatic carbocycles. The van der Waals surface area contributed by atoms with Gasteiger partial charge in [-0.3, -0.25) is 4.79 Å². The van der Waals surface area contributed by atoms with Crippen molar-refractivity contribution in [2.75, 3.05) is 6.54 Å². The van der Waals surface area contributed by atoms with Crippen LogP contribution in [0.3, 0.4) is 0 Å². The van der Waals surface area contributed by atoms with E-state index >= 15 is 0 Å². The topological polar surface area (TPSA) is 58.6 Å². The number of amides is 2. The number of carbonyl (C=O) groups excluding carboxylic acids is 2. The maximum absolute atomic E-state index is 13.0. The number of hydrogen-bond acceptors (Lipinski definition) is 3. The highest BCUT2D eigenvalue weighted by Crippen LogP contribution is 2.32. The molecule has 128 valence electrons. The van der Waals surface area contributed by atoms with Gasteiger partial charge in [0.25, 0.3) is 0 Å². The van der Waals surface area contributed by atoms with Gasteiger partial charge in [0.2, 0.25) is 5.91 Å². The second-order valence-corrected chi connectivity index (χ2v) is 6.38. The van der Waals surface area contributed by atoms with Crippen molar-refractivity contribution >= 4 is 12.0 Å². The average Bonchev–Trinajstić information content (AvgIpc) is 2.33. The third-order valence-electron chi connectivity index (χ3n) is 3.30. The molecule has 1 rings (SSSR count). The molecule has 0 bridgehead atoms. The van der Waals surface area contributed by atoms with Gasteiger partial charge in [-0.2, -0.15) is 13.2 Å². The molecule has 22 heavy (non-hydrogen) atoms. The van der Waals surface area contributed by atoms with Crippen LogP contribution in [0.5, 0.6) is 0 Å². The number of nitrogens with one attached hydrogen (secondary N) is 1. The van der Waals surface area contributed by atoms with Crippen molar-refractivity contribution in [3.63, 3.8) is 0 Å². The number of nitrogens with zero attached hydrogens (tertiary/aromatic N) is 1. The molecular weight excluding hydrogens is 301 g/mol. The highest BCUT2D eigenvalue weighted by molar-refractivity contribution is 5.76. The maximum Gasteiger partial charge on any atom is 0.408 e. The lowest BCUT2D eigenvalue weighted by atomic mass is 9.97. The monoisotopic (exact) mass is 324 g/mol. The van der Waals surface area contributed by atoms with Crippen molar-refractivity contribution in [3.8, 4) is 0 Å². The van der Waals surface area contributed by atoms with Gasteiger partial charge in [0.05, 0.1) is 0 Å². The molecule has 0 radical (unpaired) electrons. The first-order chi connectivity index (χ1) is 9.94. The summed E-state index contributed by atoms with van der Waals surface area (Å²) in [6.45, 7) is 6.44. The van der Waals surface area contributed by atoms with Gasteiger partial charge in [-0.1, -0.05) is 6.92 Å². The fourth-order valence-electron chi connectivity index (χ4n) is 2.38. The Morgan fingerprint density at radius 1 is 1.23 bits per heavy atom. The summed E-state index contributed by atoms with van der Waals surface area (Å²) in [5.74, 6) is -0.571. The zero-order chi connectivity index (χ0) is 17.1. The maximum atomic E-state index is 13.0. The van der Waals surface area contributed by atoms with Crippen LogP contribution in [0, 0.1) is 0 Å². The van der Waals surface area contributed by atoms with Gasteiger partial charge in [0.15, 0.2) is 0 Å². The standard InChI is InChI=1S/C14H23F3N2O3/c1-5-11(20)19-8-9(6-7-10(19)14(15,16)17)18-12(21)22-13(2,3)4/h9-10H,5-8H2,1-4H3,(H,18,21)/t9-,10-/m1/s1. The predicted octanol–water partition coefficient (Wildman–Crippen LogP) is 2.84. The molecule has 0 unspecified atom stereocenters. The third kappa shape index (κ3) is 5.38. The average molecular weight is 324 g/mol. The Bertz CT molecular complexity index is 419. The molecule has 8 heteroatoms. The van der Waals surface area contributed by atoms with E-state index in [1.165, 1.54) is 6.92 Å². The molecule has 1 aliphatic heterocycles. The molecule has 0 aromatic carbocycles. The van der Waals surface area contributed by atoms with Crippen LogP contribution >= 0.6 is 0 Å². The van der Waals surface area contributed by atoms with E-state index in [-0.39, 0.29) is 25.8 Å². The Morgan fingerprint density at radius 3 is 2.27 bits per heavy atom. The van der Waals surface area contributed by atoms with Crippen molar-refractivity contribution in [3.05, 3.63) is 0 Å². The number of ether oxygens (including phenoxy) is 1. The van der Waals surface area contributed by atoms with Crippen molar-refractivity contribution in [1.82, 2.24) is 10.2 Å². The highest BCUT2D eigenvalue weighted by Gasteiger charge is 2.47. The van der Waals surface area contributed by atoms with Gasteiger partial charge in [-0.05, 0) is 33.6 Å². The largest absolute Gasteiger partial charge is 0.444 e. The van der Waals surface area contributed by atoms with Crippen molar-refractivity contribution in [1.29, 1.82) is 0 Å². The second kappa shape index (κ2) is 6.75. The van der Waals surface area contributed by atoms with Gasteiger partial charge < -0.3 is 15.0 Å². The van der Waals surface area contributed by atoms with Crippen LogP contribution in [0.15, 0.2) is 0 Å². The van der Waals surface area contributed by atoms with Crippen LogP contribution < -0.4 is 5.32 Å². The van der Waals surface area contributed by atoms with E-state index in [2.05, 4.69) is 5.32 Å². The third-order valence-corrected chi connectivity index (χ3v) is 3.30. The molecule has 0 spiro atoms. The lowest BCUT2D eigenvalue weighted by Crippen LogP contribution is -2.58. The number of piperidine rings is 1. The van der Waals surface area contributed by atoms with Gasteiger partial charge >= 0.3 is 12.3 Å². The quantitative estimate of drug-likeness (QED) is 0.850. The molecule has 2 atom stereocenters. The molecule has 0 aromatic rings. The van der Waals surface area contributed by atoms with Crippen molar-refractivity contribution in [2.45, 2.75) is 70.8 Å². The first kappa shape index (κ1) is 18.6. The van der Waals surface area contributed by atoms with Crippen molar-refractivity contribution < 1.29 is 27.5 Å². The van der Waals surface area contributed by atoms with E-state index in [1.807, 2.05) is 0 Å². The van der Waals surface area contributed by atoms with Crippen LogP contribution in [0.2, 0.25) is 0 Å². The van der Waals surface area contributed by atoms with Crippen LogP contribution in [0.4, 0.5) is 18.0 Å². The number of hydrogen-bond donors (Lipinski definition) is 1. The molecule has 1 fully saturated rings. The summed E-state index contributed by atoms with van der Waals surface area (Å²) >= 11 is 0. The molecule has 0 saturated carbocycles. The number of alkyl halides is 3. The Morgan fingerprint density at radius 2 is 1.82 bits per heavy atom. The summed E-state index contributed by atoms with van der Waals surface area (Å²) in [5.41, 5.74) is -0.688. The Labute approximate surface area is 128 Å². The molecule has 1 saturated heterocycles. The first-order valence-corrected chi connectivity index (χ1v) is 7.29. The summed E-state index contributed by atoms with van der Waals surface area (Å²) in [7, 11) is 0. The van der Waals surface area contributed by atoms with E-state index in [9.17, 15) is 22.8 Å². The van der Waals surface area contributed by atoms with E-state index < -0.39 is 35.9 Å². The molecule has 5 nitrogen and oxygen atoms in total. The van der Waals surface area contributed by atoms with Gasteiger partial charge in [-0.25, -0.2) is 4.79 Å². The molecule has 1 N–H and O–H groups in total. The highest BCUT2D eigenvalue weighted by atomic mass is 19.4. The fourth-order valence-corrected chi connectivity index (χ4v) is 2.38. The lowest BCUT2D eigenvalue weighted by molar-refractivity contribution is -0.197. The second-order valence-electron chi connectivity index (χ2n) is 6.38. The number of alkyl carbamates (subject to hydrolysis) is 1. The van der Waals surface area contributed by atoms with Gasteiger partial charge in [0.1, 0.15) is 11.6 Å². The number of likely N-dealkylation sites (tertiary alicyclic amines) is 1. The summed E-state index contributed by atoms with van der Waals surface area (Å²) in [4.78, 5) is 24.3. The minimum atomic E-state index is -4.46. The summed E-state index contributed by atoms with van der Waals surface area (Å²) in [5, 5.41) is 2.53. The predicted molar refractivity (Wildman–Crippen MR) is 74.2 cm³/mol. The van der Waals surface area contributed by atoms with Crippen LogP contribution in [-0.2, 0) is 9.53 Å². The summed E-state index contributed by atoms with van der Waals surface area (Å²) in [6, 6.07) is -2.32. The SMILES string of the molecule is CCC(=O)N1C[C@H](NC(=O)OC(C)(C)C)CC[C@@H]1C(F)(F)F. The summed E-state index contributed by atoms with van der Waals surface area (Å²) < 4.78 is 44.1. The minimum absolute atomic E-state index is 0.00820. The van der Waals surface area contributed by atoms with Gasteiger partial charge in [0, 0.05) is 19.0 Å². The van der Waals surface area contributed by atoms with E-state index in [1.54, 1.807) is 20.8 Å². The lowest BCUT2D eigenvalue weighted by Gasteiger charge is -2.40. The van der Waals surface area contributed by atoms with E-state index in [4.69, 9.17) is 4.74 Å². The van der Waals surface area contributed by atoms with Crippen molar-refractivity contribution in [2.24, 2.45) is 0 Å².